The molecule has 1 saturated carbocycles. The fourth-order valence-electron chi connectivity index (χ4n) is 0.994. The number of aromatic nitrogens is 1. The molecule has 1 aromatic rings. The van der Waals surface area contributed by atoms with Crippen LogP contribution >= 0.6 is 11.6 Å². The van der Waals surface area contributed by atoms with E-state index in [2.05, 4.69) is 9.72 Å². The number of methoxy groups -OCH3 is 1. The first-order valence-electron chi connectivity index (χ1n) is 4.30. The van der Waals surface area contributed by atoms with Crippen LogP contribution < -0.4 is 0 Å². The average Bonchev–Trinajstić information content (AvgIpc) is 3.00. The molecule has 0 bridgehead atoms. The second-order valence-electron chi connectivity index (χ2n) is 3.01. The van der Waals surface area contributed by atoms with E-state index in [4.69, 9.17) is 16.4 Å². The van der Waals surface area contributed by atoms with E-state index < -0.39 is 0 Å². The van der Waals surface area contributed by atoms with Crippen LogP contribution in [0.1, 0.15) is 18.5 Å². The van der Waals surface area contributed by atoms with E-state index in [1.807, 2.05) is 18.2 Å². The summed E-state index contributed by atoms with van der Waals surface area (Å²) in [7, 11) is 1.31. The van der Waals surface area contributed by atoms with Gasteiger partial charge in [0, 0.05) is 6.20 Å². The minimum atomic E-state index is -0.0960. The van der Waals surface area contributed by atoms with Crippen molar-refractivity contribution in [3.63, 3.8) is 0 Å². The molecule has 4 heteroatoms. The maximum absolute atomic E-state index is 8.95. The van der Waals surface area contributed by atoms with Gasteiger partial charge in [0.25, 0.3) is 6.47 Å². The van der Waals surface area contributed by atoms with E-state index >= 15 is 0 Å². The maximum atomic E-state index is 8.95. The van der Waals surface area contributed by atoms with Crippen molar-refractivity contribution in [2.75, 3.05) is 7.11 Å². The van der Waals surface area contributed by atoms with E-state index in [0.717, 1.165) is 18.5 Å². The molecule has 1 fully saturated rings. The summed E-state index contributed by atoms with van der Waals surface area (Å²) in [4.78, 5) is 13.0. The van der Waals surface area contributed by atoms with Gasteiger partial charge in [-0.3, -0.25) is 9.78 Å². The zero-order chi connectivity index (χ0) is 10.4. The molecular weight excluding hydrogens is 202 g/mol. The summed E-state index contributed by atoms with van der Waals surface area (Å²) in [5.74, 6) is 0. The number of alkyl halides is 1. The summed E-state index contributed by atoms with van der Waals surface area (Å²) >= 11 is 6.11. The average molecular weight is 214 g/mol. The van der Waals surface area contributed by atoms with Gasteiger partial charge in [-0.15, -0.1) is 11.6 Å². The van der Waals surface area contributed by atoms with Gasteiger partial charge in [0.15, 0.2) is 0 Å². The lowest BCUT2D eigenvalue weighted by molar-refractivity contribution is -0.126. The quantitative estimate of drug-likeness (QED) is 0.558. The lowest BCUT2D eigenvalue weighted by Gasteiger charge is -2.02. The van der Waals surface area contributed by atoms with Crippen molar-refractivity contribution in [3.05, 3.63) is 30.1 Å². The number of halogens is 1. The summed E-state index contributed by atoms with van der Waals surface area (Å²) in [5.41, 5.74) is 1.02. The molecule has 0 N–H and O–H groups in total. The zero-order valence-corrected chi connectivity index (χ0v) is 8.70. The third kappa shape index (κ3) is 3.00. The molecule has 0 saturated heterocycles. The highest BCUT2D eigenvalue weighted by molar-refractivity contribution is 6.25. The van der Waals surface area contributed by atoms with Crippen LogP contribution in [0.25, 0.3) is 0 Å². The summed E-state index contributed by atoms with van der Waals surface area (Å²) in [6.45, 7) is 0.375. The van der Waals surface area contributed by atoms with Crippen LogP contribution in [-0.2, 0) is 14.4 Å². The molecule has 3 nitrogen and oxygen atoms in total. The van der Waals surface area contributed by atoms with E-state index in [1.54, 1.807) is 6.20 Å². The van der Waals surface area contributed by atoms with Crippen LogP contribution in [0.3, 0.4) is 0 Å². The molecule has 76 valence electrons. The number of hydrogen-bond acceptors (Lipinski definition) is 3. The van der Waals surface area contributed by atoms with Gasteiger partial charge in [0.1, 0.15) is 0 Å². The Morgan fingerprint density at radius 3 is 2.57 bits per heavy atom. The van der Waals surface area contributed by atoms with Crippen LogP contribution in [-0.4, -0.2) is 18.6 Å². The first-order chi connectivity index (χ1) is 6.73. The highest BCUT2D eigenvalue weighted by Crippen LogP contribution is 2.50. The number of nitrogens with zero attached hydrogens (tertiary/aromatic N) is 1. The van der Waals surface area contributed by atoms with Gasteiger partial charge in [-0.05, 0) is 25.0 Å². The largest absolute Gasteiger partial charge is 0.471 e. The van der Waals surface area contributed by atoms with Crippen LogP contribution in [0, 0.1) is 0 Å². The molecule has 0 aromatic carbocycles. The van der Waals surface area contributed by atoms with Crippen molar-refractivity contribution >= 4 is 18.1 Å². The van der Waals surface area contributed by atoms with Crippen molar-refractivity contribution in [1.82, 2.24) is 4.98 Å². The van der Waals surface area contributed by atoms with Gasteiger partial charge in [0.2, 0.25) is 0 Å². The Morgan fingerprint density at radius 1 is 1.57 bits per heavy atom. The van der Waals surface area contributed by atoms with Crippen LogP contribution in [0.5, 0.6) is 0 Å². The van der Waals surface area contributed by atoms with Gasteiger partial charge in [0.05, 0.1) is 17.7 Å². The highest BCUT2D eigenvalue weighted by atomic mass is 35.5. The Kier molecular flexibility index (Phi) is 3.89. The predicted octanol–water partition coefficient (Wildman–Crippen LogP) is 2.10. The van der Waals surface area contributed by atoms with Crippen molar-refractivity contribution in [2.45, 2.75) is 17.7 Å². The minimum absolute atomic E-state index is 0.0960. The second kappa shape index (κ2) is 4.96. The number of hydrogen-bond donors (Lipinski definition) is 0. The number of carbonyl (C=O) groups is 1. The smallest absolute Gasteiger partial charge is 0.292 e. The lowest BCUT2D eigenvalue weighted by atomic mass is 10.2. The summed E-state index contributed by atoms with van der Waals surface area (Å²) < 4.78 is 3.86. The SMILES string of the molecule is COC=O.ClC1(c2ccccn2)CC1. The zero-order valence-electron chi connectivity index (χ0n) is 7.94. The number of ether oxygens (including phenoxy) is 1. The predicted molar refractivity (Wildman–Crippen MR) is 54.1 cm³/mol. The fourth-order valence-corrected chi connectivity index (χ4v) is 1.20. The van der Waals surface area contributed by atoms with E-state index in [9.17, 15) is 0 Å². The molecule has 0 aliphatic heterocycles. The van der Waals surface area contributed by atoms with E-state index in [1.165, 1.54) is 7.11 Å². The molecule has 0 atom stereocenters. The third-order valence-corrected chi connectivity index (χ3v) is 2.48. The number of carbonyl (C=O) groups excluding carboxylic acids is 1. The van der Waals surface area contributed by atoms with Crippen LogP contribution in [0.2, 0.25) is 0 Å². The second-order valence-corrected chi connectivity index (χ2v) is 3.74. The van der Waals surface area contributed by atoms with Crippen LogP contribution in [0.4, 0.5) is 0 Å². The van der Waals surface area contributed by atoms with Gasteiger partial charge < -0.3 is 4.74 Å². The van der Waals surface area contributed by atoms with E-state index in [-0.39, 0.29) is 4.87 Å². The standard InChI is InChI=1S/C8H8ClN.C2H4O2/c9-8(4-5-8)7-3-1-2-6-10-7;1-4-2-3/h1-3,6H,4-5H2;2H,1H3. The monoisotopic (exact) mass is 213 g/mol. The molecule has 1 aliphatic carbocycles. The summed E-state index contributed by atoms with van der Waals surface area (Å²) in [5, 5.41) is 0. The van der Waals surface area contributed by atoms with Crippen molar-refractivity contribution < 1.29 is 9.53 Å². The molecule has 0 radical (unpaired) electrons. The first kappa shape index (κ1) is 11.0. The molecular formula is C10H12ClNO2. The third-order valence-electron chi connectivity index (χ3n) is 1.91. The number of pyridine rings is 1. The molecule has 1 aromatic heterocycles. The maximum Gasteiger partial charge on any atom is 0.292 e. The van der Waals surface area contributed by atoms with E-state index in [0.29, 0.717) is 6.47 Å². The molecule has 0 unspecified atom stereocenters. The highest BCUT2D eigenvalue weighted by Gasteiger charge is 2.43. The minimum Gasteiger partial charge on any atom is -0.471 e. The molecule has 0 spiro atoms. The molecule has 14 heavy (non-hydrogen) atoms. The van der Waals surface area contributed by atoms with Gasteiger partial charge >= 0.3 is 0 Å². The summed E-state index contributed by atoms with van der Waals surface area (Å²) in [6.07, 6.45) is 3.94. The number of rotatable bonds is 2. The lowest BCUT2D eigenvalue weighted by Crippen LogP contribution is -1.97. The van der Waals surface area contributed by atoms with Crippen molar-refractivity contribution in [3.8, 4) is 0 Å². The van der Waals surface area contributed by atoms with Crippen molar-refractivity contribution in [1.29, 1.82) is 0 Å². The van der Waals surface area contributed by atoms with Gasteiger partial charge in [-0.1, -0.05) is 6.07 Å². The Labute approximate surface area is 88.1 Å². The molecule has 1 heterocycles. The Bertz CT molecular complexity index is 285. The van der Waals surface area contributed by atoms with Gasteiger partial charge in [-0.2, -0.15) is 0 Å². The molecule has 1 aliphatic rings. The topological polar surface area (TPSA) is 39.2 Å². The molecule has 0 amide bonds. The summed E-state index contributed by atoms with van der Waals surface area (Å²) in [6, 6.07) is 5.87. The Balaban J connectivity index is 0.000000213. The van der Waals surface area contributed by atoms with Gasteiger partial charge in [-0.25, -0.2) is 0 Å². The molecule has 2 rings (SSSR count). The normalized spacial score (nSPS) is 16.1. The fraction of sp³-hybridized carbons (Fsp3) is 0.400. The first-order valence-corrected chi connectivity index (χ1v) is 4.67. The Morgan fingerprint density at radius 2 is 2.21 bits per heavy atom. The van der Waals surface area contributed by atoms with Crippen LogP contribution in [0.15, 0.2) is 24.4 Å². The Hall–Kier alpha value is -1.09. The van der Waals surface area contributed by atoms with Crippen molar-refractivity contribution in [2.24, 2.45) is 0 Å².